The number of nitrogens with zero attached hydrogens (tertiary/aromatic N) is 1. The SMILES string of the molecule is CCCCNC(=O)[C@H](C)C[C@H](O)[C@H](CC(C)(C)CC(=O)N1CC(C(=O)NC)Nc2ccccc21)NC(=O)OC(C)(C)C. The van der Waals surface area contributed by atoms with Gasteiger partial charge in [-0.2, -0.15) is 0 Å². The van der Waals surface area contributed by atoms with E-state index in [9.17, 15) is 24.3 Å². The van der Waals surface area contributed by atoms with Gasteiger partial charge in [-0.05, 0) is 57.6 Å². The zero-order valence-electron chi connectivity index (χ0n) is 26.5. The summed E-state index contributed by atoms with van der Waals surface area (Å²) in [4.78, 5) is 53.1. The number of anilines is 2. The van der Waals surface area contributed by atoms with Crippen molar-refractivity contribution in [3.63, 3.8) is 0 Å². The summed E-state index contributed by atoms with van der Waals surface area (Å²) in [6.45, 7) is 13.6. The first kappa shape index (κ1) is 34.9. The number of benzene rings is 1. The number of ether oxygens (including phenoxy) is 1. The molecule has 1 aromatic rings. The van der Waals surface area contributed by atoms with Crippen LogP contribution in [0, 0.1) is 11.3 Å². The van der Waals surface area contributed by atoms with E-state index in [0.29, 0.717) is 17.9 Å². The van der Waals surface area contributed by atoms with Crippen LogP contribution in [0.5, 0.6) is 0 Å². The fourth-order valence-electron chi connectivity index (χ4n) is 5.01. The number of nitrogens with one attached hydrogen (secondary N) is 4. The van der Waals surface area contributed by atoms with Crippen LogP contribution in [0.4, 0.5) is 16.2 Å². The number of carbonyl (C=O) groups excluding carboxylic acids is 4. The molecule has 0 fully saturated rings. The summed E-state index contributed by atoms with van der Waals surface area (Å²) < 4.78 is 5.45. The third-order valence-electron chi connectivity index (χ3n) is 7.19. The number of fused-ring (bicyclic) bond motifs is 1. The van der Waals surface area contributed by atoms with Crippen molar-refractivity contribution < 1.29 is 29.0 Å². The van der Waals surface area contributed by atoms with Crippen LogP contribution in [0.3, 0.4) is 0 Å². The maximum absolute atomic E-state index is 13.7. The van der Waals surface area contributed by atoms with Crippen molar-refractivity contribution in [2.24, 2.45) is 11.3 Å². The van der Waals surface area contributed by atoms with Gasteiger partial charge < -0.3 is 36.0 Å². The first-order valence-electron chi connectivity index (χ1n) is 14.9. The van der Waals surface area contributed by atoms with Gasteiger partial charge in [0.1, 0.15) is 11.6 Å². The average molecular weight is 590 g/mol. The highest BCUT2D eigenvalue weighted by molar-refractivity contribution is 6.01. The Morgan fingerprint density at radius 3 is 2.43 bits per heavy atom. The number of aliphatic hydroxyl groups excluding tert-OH is 1. The van der Waals surface area contributed by atoms with E-state index in [1.165, 1.54) is 0 Å². The van der Waals surface area contributed by atoms with Gasteiger partial charge in [0, 0.05) is 25.9 Å². The van der Waals surface area contributed by atoms with Gasteiger partial charge in [0.15, 0.2) is 0 Å². The molecule has 1 aliphatic heterocycles. The number of hydrogen-bond donors (Lipinski definition) is 5. The molecule has 0 bridgehead atoms. The topological polar surface area (TPSA) is 149 Å². The molecule has 0 spiro atoms. The van der Waals surface area contributed by atoms with Crippen molar-refractivity contribution in [2.75, 3.05) is 30.4 Å². The van der Waals surface area contributed by atoms with Crippen molar-refractivity contribution in [3.8, 4) is 0 Å². The molecule has 1 unspecified atom stereocenters. The Morgan fingerprint density at radius 2 is 1.81 bits per heavy atom. The molecule has 42 heavy (non-hydrogen) atoms. The summed E-state index contributed by atoms with van der Waals surface area (Å²) in [7, 11) is 1.55. The molecule has 11 nitrogen and oxygen atoms in total. The first-order valence-corrected chi connectivity index (χ1v) is 14.9. The first-order chi connectivity index (χ1) is 19.6. The van der Waals surface area contributed by atoms with Gasteiger partial charge in [0.2, 0.25) is 17.7 Å². The molecule has 1 heterocycles. The number of alkyl carbamates (subject to hydrolysis) is 1. The Hall–Kier alpha value is -3.34. The summed E-state index contributed by atoms with van der Waals surface area (Å²) in [6, 6.07) is 5.95. The molecule has 0 aromatic heterocycles. The molecule has 4 atom stereocenters. The summed E-state index contributed by atoms with van der Waals surface area (Å²) in [5.74, 6) is -1.05. The van der Waals surface area contributed by atoms with Crippen molar-refractivity contribution in [1.82, 2.24) is 16.0 Å². The van der Waals surface area contributed by atoms with Crippen LogP contribution >= 0.6 is 0 Å². The number of para-hydroxylation sites is 2. The lowest BCUT2D eigenvalue weighted by Crippen LogP contribution is -2.52. The van der Waals surface area contributed by atoms with Crippen LogP contribution in [0.25, 0.3) is 0 Å². The number of amides is 4. The van der Waals surface area contributed by atoms with Crippen molar-refractivity contribution in [1.29, 1.82) is 0 Å². The summed E-state index contributed by atoms with van der Waals surface area (Å²) in [5.41, 5.74) is -0.0410. The van der Waals surface area contributed by atoms with Gasteiger partial charge in [-0.1, -0.05) is 46.2 Å². The minimum Gasteiger partial charge on any atom is -0.444 e. The lowest BCUT2D eigenvalue weighted by Gasteiger charge is -2.38. The third kappa shape index (κ3) is 10.8. The van der Waals surface area contributed by atoms with E-state index in [0.717, 1.165) is 12.8 Å². The maximum Gasteiger partial charge on any atom is 0.407 e. The fourth-order valence-corrected chi connectivity index (χ4v) is 5.01. The van der Waals surface area contributed by atoms with Crippen LogP contribution in [0.15, 0.2) is 24.3 Å². The lowest BCUT2D eigenvalue weighted by atomic mass is 9.79. The molecule has 0 saturated carbocycles. The molecule has 5 N–H and O–H groups in total. The minimum absolute atomic E-state index is 0.0913. The molecule has 2 rings (SSSR count). The fraction of sp³-hybridized carbons (Fsp3) is 0.677. The highest BCUT2D eigenvalue weighted by Gasteiger charge is 2.37. The van der Waals surface area contributed by atoms with Gasteiger partial charge in [-0.25, -0.2) is 4.79 Å². The van der Waals surface area contributed by atoms with E-state index >= 15 is 0 Å². The largest absolute Gasteiger partial charge is 0.444 e. The molecule has 1 aliphatic rings. The minimum atomic E-state index is -1.06. The number of likely N-dealkylation sites (N-methyl/N-ethyl adjacent to an activating group) is 1. The molecule has 236 valence electrons. The molecule has 4 amide bonds. The number of aliphatic hydroxyl groups is 1. The Morgan fingerprint density at radius 1 is 1.14 bits per heavy atom. The van der Waals surface area contributed by atoms with E-state index in [2.05, 4.69) is 21.3 Å². The van der Waals surface area contributed by atoms with E-state index in [1.54, 1.807) is 39.6 Å². The van der Waals surface area contributed by atoms with E-state index in [1.807, 2.05) is 45.0 Å². The third-order valence-corrected chi connectivity index (χ3v) is 7.19. The highest BCUT2D eigenvalue weighted by Crippen LogP contribution is 2.35. The zero-order chi connectivity index (χ0) is 31.7. The quantitative estimate of drug-likeness (QED) is 0.221. The summed E-state index contributed by atoms with van der Waals surface area (Å²) in [5, 5.41) is 22.8. The number of hydrogen-bond acceptors (Lipinski definition) is 7. The molecule has 0 aliphatic carbocycles. The molecule has 0 saturated heterocycles. The van der Waals surface area contributed by atoms with Crippen molar-refractivity contribution >= 4 is 35.2 Å². The van der Waals surface area contributed by atoms with Crippen molar-refractivity contribution in [3.05, 3.63) is 24.3 Å². The van der Waals surface area contributed by atoms with Gasteiger partial charge >= 0.3 is 6.09 Å². The lowest BCUT2D eigenvalue weighted by molar-refractivity contribution is -0.125. The van der Waals surface area contributed by atoms with Crippen LogP contribution in [-0.4, -0.2) is 72.8 Å². The average Bonchev–Trinajstić information content (AvgIpc) is 2.89. The Kier molecular flexibility index (Phi) is 12.6. The predicted molar refractivity (Wildman–Crippen MR) is 164 cm³/mol. The van der Waals surface area contributed by atoms with E-state index < -0.39 is 41.2 Å². The standard InChI is InChI=1S/C31H51N5O6/c1-9-10-15-33-27(39)20(2)16-25(37)22(35-29(41)42-30(3,4)5)17-31(6,7)18-26(38)36-19-23(28(40)32-8)34-21-13-11-12-14-24(21)36/h11-14,20,22-23,25,34,37H,9-10,15-19H2,1-8H3,(H,32,40)(H,33,39)(H,35,41)/t20-,22+,23?,25+/m1/s1. The van der Waals surface area contributed by atoms with Gasteiger partial charge in [-0.3, -0.25) is 14.4 Å². The van der Waals surface area contributed by atoms with Gasteiger partial charge in [0.05, 0.1) is 30.1 Å². The second-order valence-electron chi connectivity index (χ2n) is 13.0. The van der Waals surface area contributed by atoms with Gasteiger partial charge in [0.25, 0.3) is 0 Å². The molecular formula is C31H51N5O6. The van der Waals surface area contributed by atoms with Crippen LogP contribution in [0.2, 0.25) is 0 Å². The van der Waals surface area contributed by atoms with Crippen LogP contribution in [0.1, 0.15) is 80.6 Å². The second-order valence-corrected chi connectivity index (χ2v) is 13.0. The second kappa shape index (κ2) is 15.2. The van der Waals surface area contributed by atoms with E-state index in [4.69, 9.17) is 4.74 Å². The molecule has 11 heteroatoms. The Bertz CT molecular complexity index is 1090. The van der Waals surface area contributed by atoms with Crippen molar-refractivity contribution in [2.45, 2.75) is 104 Å². The normalized spacial score (nSPS) is 17.2. The zero-order valence-corrected chi connectivity index (χ0v) is 26.5. The Balaban J connectivity index is 2.21. The molecule has 1 aromatic carbocycles. The highest BCUT2D eigenvalue weighted by atomic mass is 16.6. The van der Waals surface area contributed by atoms with Crippen LogP contribution in [-0.2, 0) is 19.1 Å². The molecular weight excluding hydrogens is 538 g/mol. The number of rotatable bonds is 13. The summed E-state index contributed by atoms with van der Waals surface area (Å²) in [6.07, 6.45) is 0.548. The molecule has 0 radical (unpaired) electrons. The van der Waals surface area contributed by atoms with E-state index in [-0.39, 0.29) is 43.5 Å². The van der Waals surface area contributed by atoms with Gasteiger partial charge in [-0.15, -0.1) is 0 Å². The smallest absolute Gasteiger partial charge is 0.407 e. The maximum atomic E-state index is 13.7. The van der Waals surface area contributed by atoms with Crippen LogP contribution < -0.4 is 26.2 Å². The Labute approximate surface area is 250 Å². The monoisotopic (exact) mass is 589 g/mol. The number of unbranched alkanes of at least 4 members (excludes halogenated alkanes) is 1. The number of carbonyl (C=O) groups is 4. The summed E-state index contributed by atoms with van der Waals surface area (Å²) >= 11 is 0. The predicted octanol–water partition coefficient (Wildman–Crippen LogP) is 3.56.